The second-order valence-corrected chi connectivity index (χ2v) is 4.56. The molecule has 0 bridgehead atoms. The number of nitrogens with one attached hydrogen (secondary N) is 1. The van der Waals surface area contributed by atoms with Gasteiger partial charge >= 0.3 is 0 Å². The minimum absolute atomic E-state index is 0.133. The largest absolute Gasteiger partial charge is 0.497 e. The Balaban J connectivity index is 2.52. The highest BCUT2D eigenvalue weighted by Crippen LogP contribution is 2.24. The highest BCUT2D eigenvalue weighted by Gasteiger charge is 2.22. The van der Waals surface area contributed by atoms with Gasteiger partial charge in [-0.05, 0) is 12.1 Å². The fourth-order valence-corrected chi connectivity index (χ4v) is 1.53. The highest BCUT2D eigenvalue weighted by molar-refractivity contribution is 5.77. The lowest BCUT2D eigenvalue weighted by atomic mass is 9.93. The number of aromatic amines is 1. The number of rotatable bonds is 3. The average Bonchev–Trinajstić information content (AvgIpc) is 2.72. The van der Waals surface area contributed by atoms with Crippen LogP contribution in [-0.4, -0.2) is 23.6 Å². The molecule has 0 saturated carbocycles. The number of hydrogen-bond donors (Lipinski definition) is 2. The van der Waals surface area contributed by atoms with E-state index in [-0.39, 0.29) is 5.41 Å². The number of methoxy groups -OCH3 is 1. The van der Waals surface area contributed by atoms with Gasteiger partial charge in [-0.3, -0.25) is 0 Å². The van der Waals surface area contributed by atoms with Gasteiger partial charge in [-0.1, -0.05) is 13.8 Å². The first-order valence-corrected chi connectivity index (χ1v) is 5.31. The molecule has 3 N–H and O–H groups in total. The Morgan fingerprint density at radius 2 is 2.19 bits per heavy atom. The molecule has 0 unspecified atom stereocenters. The Bertz CT molecular complexity index is 502. The molecule has 0 amide bonds. The molecule has 86 valence electrons. The molecular weight excluding hydrogens is 202 g/mol. The topological polar surface area (TPSA) is 63.9 Å². The van der Waals surface area contributed by atoms with Crippen LogP contribution in [0.3, 0.4) is 0 Å². The van der Waals surface area contributed by atoms with Gasteiger partial charge in [0.2, 0.25) is 0 Å². The van der Waals surface area contributed by atoms with E-state index in [9.17, 15) is 0 Å². The summed E-state index contributed by atoms with van der Waals surface area (Å²) >= 11 is 0. The van der Waals surface area contributed by atoms with Crippen LogP contribution in [0.15, 0.2) is 18.2 Å². The zero-order valence-electron chi connectivity index (χ0n) is 9.87. The van der Waals surface area contributed by atoms with Crippen LogP contribution in [0.2, 0.25) is 0 Å². The molecular formula is C12H17N3O. The van der Waals surface area contributed by atoms with Crippen molar-refractivity contribution in [1.29, 1.82) is 0 Å². The van der Waals surface area contributed by atoms with Gasteiger partial charge in [0.15, 0.2) is 0 Å². The van der Waals surface area contributed by atoms with E-state index in [2.05, 4.69) is 23.8 Å². The molecule has 4 heteroatoms. The number of H-pyrrole nitrogens is 1. The van der Waals surface area contributed by atoms with E-state index in [1.807, 2.05) is 18.2 Å². The molecule has 0 radical (unpaired) electrons. The normalized spacial score (nSPS) is 12.0. The van der Waals surface area contributed by atoms with Crippen molar-refractivity contribution >= 4 is 11.0 Å². The van der Waals surface area contributed by atoms with Crippen molar-refractivity contribution in [2.75, 3.05) is 13.7 Å². The third-order valence-corrected chi connectivity index (χ3v) is 2.84. The summed E-state index contributed by atoms with van der Waals surface area (Å²) in [6.45, 7) is 4.70. The van der Waals surface area contributed by atoms with Crippen LogP contribution >= 0.6 is 0 Å². The van der Waals surface area contributed by atoms with Crippen LogP contribution in [0.5, 0.6) is 5.75 Å². The average molecular weight is 219 g/mol. The number of aromatic nitrogens is 2. The molecule has 0 saturated heterocycles. The molecule has 0 aliphatic carbocycles. The van der Waals surface area contributed by atoms with Gasteiger partial charge in [0.25, 0.3) is 0 Å². The van der Waals surface area contributed by atoms with E-state index < -0.39 is 0 Å². The Morgan fingerprint density at radius 1 is 1.44 bits per heavy atom. The maximum absolute atomic E-state index is 5.73. The Labute approximate surface area is 94.8 Å². The van der Waals surface area contributed by atoms with E-state index >= 15 is 0 Å². The number of hydrogen-bond acceptors (Lipinski definition) is 3. The van der Waals surface area contributed by atoms with Crippen LogP contribution < -0.4 is 10.5 Å². The lowest BCUT2D eigenvalue weighted by molar-refractivity contribution is 0.415. The minimum atomic E-state index is -0.133. The second kappa shape index (κ2) is 3.79. The summed E-state index contributed by atoms with van der Waals surface area (Å²) in [5.41, 5.74) is 7.52. The Morgan fingerprint density at radius 3 is 2.81 bits per heavy atom. The first kappa shape index (κ1) is 11.0. The summed E-state index contributed by atoms with van der Waals surface area (Å²) in [5, 5.41) is 0. The van der Waals surface area contributed by atoms with E-state index in [1.54, 1.807) is 7.11 Å². The summed E-state index contributed by atoms with van der Waals surface area (Å²) in [6, 6.07) is 5.79. The van der Waals surface area contributed by atoms with Gasteiger partial charge in [0, 0.05) is 18.0 Å². The Kier molecular flexibility index (Phi) is 2.59. The van der Waals surface area contributed by atoms with Gasteiger partial charge in [0.05, 0.1) is 18.1 Å². The fraction of sp³-hybridized carbons (Fsp3) is 0.417. The summed E-state index contributed by atoms with van der Waals surface area (Å²) < 4.78 is 5.17. The molecule has 0 atom stereocenters. The number of imidazole rings is 1. The predicted octanol–water partition coefficient (Wildman–Crippen LogP) is 1.81. The van der Waals surface area contributed by atoms with Gasteiger partial charge in [-0.15, -0.1) is 0 Å². The molecule has 2 rings (SSSR count). The smallest absolute Gasteiger partial charge is 0.121 e. The number of nitrogens with two attached hydrogens (primary N) is 1. The van der Waals surface area contributed by atoms with Gasteiger partial charge in [-0.25, -0.2) is 4.98 Å². The third-order valence-electron chi connectivity index (χ3n) is 2.84. The molecule has 16 heavy (non-hydrogen) atoms. The molecule has 4 nitrogen and oxygen atoms in total. The first-order chi connectivity index (χ1) is 7.56. The number of ether oxygens (including phenoxy) is 1. The number of benzene rings is 1. The van der Waals surface area contributed by atoms with Crippen LogP contribution in [0, 0.1) is 0 Å². The molecule has 2 aromatic rings. The second-order valence-electron chi connectivity index (χ2n) is 4.56. The van der Waals surface area contributed by atoms with Crippen molar-refractivity contribution in [3.05, 3.63) is 24.0 Å². The van der Waals surface area contributed by atoms with E-state index in [0.717, 1.165) is 22.6 Å². The molecule has 0 aliphatic heterocycles. The molecule has 1 aromatic heterocycles. The molecule has 1 heterocycles. The predicted molar refractivity (Wildman–Crippen MR) is 64.7 cm³/mol. The van der Waals surface area contributed by atoms with Crippen LogP contribution in [-0.2, 0) is 5.41 Å². The summed E-state index contributed by atoms with van der Waals surface area (Å²) in [6.07, 6.45) is 0. The SMILES string of the molecule is COc1ccc2nc(C(C)(C)CN)[nH]c2c1. The Hall–Kier alpha value is -1.55. The maximum atomic E-state index is 5.73. The standard InChI is InChI=1S/C12H17N3O/c1-12(2,7-13)11-14-9-5-4-8(16-3)6-10(9)15-11/h4-6H,7,13H2,1-3H3,(H,14,15). The van der Waals surface area contributed by atoms with Crippen molar-refractivity contribution in [2.24, 2.45) is 5.73 Å². The maximum Gasteiger partial charge on any atom is 0.121 e. The van der Waals surface area contributed by atoms with Crippen molar-refractivity contribution in [3.8, 4) is 5.75 Å². The summed E-state index contributed by atoms with van der Waals surface area (Å²) in [4.78, 5) is 7.83. The van der Waals surface area contributed by atoms with Gasteiger partial charge < -0.3 is 15.5 Å². The van der Waals surface area contributed by atoms with E-state index in [4.69, 9.17) is 10.5 Å². The van der Waals surface area contributed by atoms with Crippen molar-refractivity contribution in [3.63, 3.8) is 0 Å². The molecule has 0 spiro atoms. The first-order valence-electron chi connectivity index (χ1n) is 5.31. The van der Waals surface area contributed by atoms with Gasteiger partial charge in [0.1, 0.15) is 11.6 Å². The highest BCUT2D eigenvalue weighted by atomic mass is 16.5. The van der Waals surface area contributed by atoms with Gasteiger partial charge in [-0.2, -0.15) is 0 Å². The summed E-state index contributed by atoms with van der Waals surface area (Å²) in [7, 11) is 1.66. The lowest BCUT2D eigenvalue weighted by Gasteiger charge is -2.18. The summed E-state index contributed by atoms with van der Waals surface area (Å²) in [5.74, 6) is 1.74. The number of fused-ring (bicyclic) bond motifs is 1. The lowest BCUT2D eigenvalue weighted by Crippen LogP contribution is -2.29. The van der Waals surface area contributed by atoms with Crippen LogP contribution in [0.4, 0.5) is 0 Å². The fourth-order valence-electron chi connectivity index (χ4n) is 1.53. The van der Waals surface area contributed by atoms with Crippen molar-refractivity contribution in [1.82, 2.24) is 9.97 Å². The zero-order valence-corrected chi connectivity index (χ0v) is 9.87. The molecule has 1 aromatic carbocycles. The third kappa shape index (κ3) is 1.76. The number of nitrogens with zero attached hydrogens (tertiary/aromatic N) is 1. The molecule has 0 aliphatic rings. The van der Waals surface area contributed by atoms with Crippen LogP contribution in [0.25, 0.3) is 11.0 Å². The monoisotopic (exact) mass is 219 g/mol. The minimum Gasteiger partial charge on any atom is -0.497 e. The zero-order chi connectivity index (χ0) is 11.8. The van der Waals surface area contributed by atoms with Crippen molar-refractivity contribution in [2.45, 2.75) is 19.3 Å². The molecule has 0 fully saturated rings. The quantitative estimate of drug-likeness (QED) is 0.827. The van der Waals surface area contributed by atoms with Crippen molar-refractivity contribution < 1.29 is 4.74 Å². The van der Waals surface area contributed by atoms with E-state index in [1.165, 1.54) is 0 Å². The van der Waals surface area contributed by atoms with E-state index in [0.29, 0.717) is 6.54 Å². The van der Waals surface area contributed by atoms with Crippen LogP contribution in [0.1, 0.15) is 19.7 Å².